The fourth-order valence-corrected chi connectivity index (χ4v) is 1.77. The monoisotopic (exact) mass is 198 g/mol. The van der Waals surface area contributed by atoms with Gasteiger partial charge in [-0.25, -0.2) is 0 Å². The molecule has 0 aromatic carbocycles. The van der Waals surface area contributed by atoms with Crippen molar-refractivity contribution in [3.63, 3.8) is 0 Å². The van der Waals surface area contributed by atoms with Gasteiger partial charge in [0.05, 0.1) is 6.04 Å². The molecule has 0 heterocycles. The first-order chi connectivity index (χ1) is 6.69. The summed E-state index contributed by atoms with van der Waals surface area (Å²) in [6.45, 7) is 5.70. The van der Waals surface area contributed by atoms with E-state index in [1.165, 1.54) is 19.3 Å². The molecule has 0 unspecified atom stereocenters. The summed E-state index contributed by atoms with van der Waals surface area (Å²) in [4.78, 5) is 13.7. The highest BCUT2D eigenvalue weighted by atomic mass is 16.2. The van der Waals surface area contributed by atoms with Crippen LogP contribution in [0.4, 0.5) is 0 Å². The van der Waals surface area contributed by atoms with Crippen molar-refractivity contribution in [3.8, 4) is 0 Å². The van der Waals surface area contributed by atoms with Crippen LogP contribution in [-0.2, 0) is 4.79 Å². The van der Waals surface area contributed by atoms with Crippen LogP contribution >= 0.6 is 0 Å². The Morgan fingerprint density at radius 3 is 2.50 bits per heavy atom. The van der Waals surface area contributed by atoms with Gasteiger partial charge >= 0.3 is 0 Å². The molecule has 1 atom stereocenters. The van der Waals surface area contributed by atoms with Gasteiger partial charge < -0.3 is 10.6 Å². The predicted octanol–water partition coefficient (Wildman–Crippen LogP) is 1.37. The van der Waals surface area contributed by atoms with E-state index in [0.717, 1.165) is 25.4 Å². The van der Waals surface area contributed by atoms with Crippen LogP contribution < -0.4 is 5.73 Å². The van der Waals surface area contributed by atoms with Gasteiger partial charge in [0.1, 0.15) is 0 Å². The molecule has 1 aliphatic rings. The number of nitrogens with two attached hydrogens (primary N) is 1. The molecular formula is C11H22N2O. The summed E-state index contributed by atoms with van der Waals surface area (Å²) in [6, 6.07) is -0.296. The van der Waals surface area contributed by atoms with Gasteiger partial charge in [0.25, 0.3) is 0 Å². The molecule has 0 bridgehead atoms. The zero-order chi connectivity index (χ0) is 10.6. The van der Waals surface area contributed by atoms with Gasteiger partial charge in [0, 0.05) is 13.1 Å². The lowest BCUT2D eigenvalue weighted by atomic mass is 9.85. The Bertz CT molecular complexity index is 190. The molecule has 82 valence electrons. The Morgan fingerprint density at radius 2 is 2.14 bits per heavy atom. The molecule has 0 aromatic rings. The van der Waals surface area contributed by atoms with Crippen LogP contribution in [0, 0.1) is 5.92 Å². The van der Waals surface area contributed by atoms with E-state index >= 15 is 0 Å². The van der Waals surface area contributed by atoms with E-state index in [2.05, 4.69) is 0 Å². The molecule has 14 heavy (non-hydrogen) atoms. The molecular weight excluding hydrogens is 176 g/mol. The van der Waals surface area contributed by atoms with Crippen molar-refractivity contribution in [2.45, 2.75) is 45.6 Å². The highest BCUT2D eigenvalue weighted by Gasteiger charge is 2.24. The summed E-state index contributed by atoms with van der Waals surface area (Å²) in [5.74, 6) is 0.866. The zero-order valence-electron chi connectivity index (χ0n) is 9.33. The van der Waals surface area contributed by atoms with Crippen LogP contribution in [0.15, 0.2) is 0 Å². The van der Waals surface area contributed by atoms with Gasteiger partial charge in [0.15, 0.2) is 0 Å². The van der Waals surface area contributed by atoms with Crippen LogP contribution in [-0.4, -0.2) is 29.9 Å². The second-order valence-electron chi connectivity index (χ2n) is 4.19. The Balaban J connectivity index is 2.38. The van der Waals surface area contributed by atoms with E-state index < -0.39 is 0 Å². The quantitative estimate of drug-likeness (QED) is 0.725. The summed E-state index contributed by atoms with van der Waals surface area (Å²) in [7, 11) is 0. The van der Waals surface area contributed by atoms with Gasteiger partial charge in [-0.05, 0) is 32.1 Å². The smallest absolute Gasteiger partial charge is 0.239 e. The number of carbonyl (C=O) groups excluding carboxylic acids is 1. The SMILES string of the molecule is CC[C@@H](N)C(=O)N(CC)CC1CCC1. The van der Waals surface area contributed by atoms with Gasteiger partial charge in [-0.2, -0.15) is 0 Å². The highest BCUT2D eigenvalue weighted by molar-refractivity contribution is 5.81. The first kappa shape index (κ1) is 11.5. The third kappa shape index (κ3) is 2.71. The molecule has 2 N–H and O–H groups in total. The third-order valence-corrected chi connectivity index (χ3v) is 3.15. The Labute approximate surface area is 86.6 Å². The number of carbonyl (C=O) groups is 1. The highest BCUT2D eigenvalue weighted by Crippen LogP contribution is 2.27. The van der Waals surface area contributed by atoms with Crippen LogP contribution in [0.5, 0.6) is 0 Å². The molecule has 0 aliphatic heterocycles. The minimum atomic E-state index is -0.296. The molecule has 3 nitrogen and oxygen atoms in total. The maximum Gasteiger partial charge on any atom is 0.239 e. The molecule has 3 heteroatoms. The van der Waals surface area contributed by atoms with Crippen molar-refractivity contribution >= 4 is 5.91 Å². The van der Waals surface area contributed by atoms with Gasteiger partial charge in [0.2, 0.25) is 5.91 Å². The Hall–Kier alpha value is -0.570. The molecule has 0 radical (unpaired) electrons. The van der Waals surface area contributed by atoms with E-state index in [-0.39, 0.29) is 11.9 Å². The summed E-state index contributed by atoms with van der Waals surface area (Å²) < 4.78 is 0. The average molecular weight is 198 g/mol. The Morgan fingerprint density at radius 1 is 1.50 bits per heavy atom. The van der Waals surface area contributed by atoms with Crippen molar-refractivity contribution in [1.29, 1.82) is 0 Å². The standard InChI is InChI=1S/C11H22N2O/c1-3-10(12)11(14)13(4-2)8-9-6-5-7-9/h9-10H,3-8,12H2,1-2H3/t10-/m1/s1. The number of hydrogen-bond acceptors (Lipinski definition) is 2. The number of amides is 1. The van der Waals surface area contributed by atoms with Crippen LogP contribution in [0.3, 0.4) is 0 Å². The maximum atomic E-state index is 11.8. The molecule has 0 aromatic heterocycles. The van der Waals surface area contributed by atoms with Crippen molar-refractivity contribution in [2.75, 3.05) is 13.1 Å². The van der Waals surface area contributed by atoms with Crippen molar-refractivity contribution in [1.82, 2.24) is 4.90 Å². The van der Waals surface area contributed by atoms with E-state index in [1.54, 1.807) is 0 Å². The summed E-state index contributed by atoms with van der Waals surface area (Å²) >= 11 is 0. The van der Waals surface area contributed by atoms with E-state index in [0.29, 0.717) is 0 Å². The number of hydrogen-bond donors (Lipinski definition) is 1. The number of likely N-dealkylation sites (N-methyl/N-ethyl adjacent to an activating group) is 1. The van der Waals surface area contributed by atoms with Gasteiger partial charge in [-0.1, -0.05) is 13.3 Å². The van der Waals surface area contributed by atoms with E-state index in [1.807, 2.05) is 18.7 Å². The predicted molar refractivity (Wildman–Crippen MR) is 57.9 cm³/mol. The summed E-state index contributed by atoms with van der Waals surface area (Å²) in [5, 5.41) is 0. The third-order valence-electron chi connectivity index (χ3n) is 3.15. The lowest BCUT2D eigenvalue weighted by Crippen LogP contribution is -2.46. The van der Waals surface area contributed by atoms with Crippen LogP contribution in [0.1, 0.15) is 39.5 Å². The maximum absolute atomic E-state index is 11.8. The normalized spacial score (nSPS) is 18.8. The molecule has 0 saturated heterocycles. The molecule has 1 saturated carbocycles. The molecule has 1 fully saturated rings. The number of rotatable bonds is 5. The number of nitrogens with zero attached hydrogens (tertiary/aromatic N) is 1. The minimum absolute atomic E-state index is 0.127. The van der Waals surface area contributed by atoms with Crippen molar-refractivity contribution in [3.05, 3.63) is 0 Å². The molecule has 0 spiro atoms. The van der Waals surface area contributed by atoms with Crippen molar-refractivity contribution < 1.29 is 4.79 Å². The van der Waals surface area contributed by atoms with Crippen LogP contribution in [0.2, 0.25) is 0 Å². The summed E-state index contributed by atoms with van der Waals surface area (Å²) in [5.41, 5.74) is 5.74. The fraction of sp³-hybridized carbons (Fsp3) is 0.909. The first-order valence-corrected chi connectivity index (χ1v) is 5.73. The zero-order valence-corrected chi connectivity index (χ0v) is 9.33. The van der Waals surface area contributed by atoms with Gasteiger partial charge in [-0.15, -0.1) is 0 Å². The lowest BCUT2D eigenvalue weighted by Gasteiger charge is -2.32. The van der Waals surface area contributed by atoms with E-state index in [9.17, 15) is 4.79 Å². The second kappa shape index (κ2) is 5.35. The van der Waals surface area contributed by atoms with Gasteiger partial charge in [-0.3, -0.25) is 4.79 Å². The van der Waals surface area contributed by atoms with Crippen LogP contribution in [0.25, 0.3) is 0 Å². The van der Waals surface area contributed by atoms with E-state index in [4.69, 9.17) is 5.73 Å². The Kier molecular flexibility index (Phi) is 4.39. The topological polar surface area (TPSA) is 46.3 Å². The molecule has 1 rings (SSSR count). The van der Waals surface area contributed by atoms with Crippen molar-refractivity contribution in [2.24, 2.45) is 11.7 Å². The lowest BCUT2D eigenvalue weighted by molar-refractivity contribution is -0.133. The second-order valence-corrected chi connectivity index (χ2v) is 4.19. The first-order valence-electron chi connectivity index (χ1n) is 5.73. The molecule has 1 aliphatic carbocycles. The minimum Gasteiger partial charge on any atom is -0.341 e. The average Bonchev–Trinajstić information content (AvgIpc) is 2.14. The molecule has 1 amide bonds. The largest absolute Gasteiger partial charge is 0.341 e. The summed E-state index contributed by atoms with van der Waals surface area (Å²) in [6.07, 6.45) is 4.63. The fourth-order valence-electron chi connectivity index (χ4n) is 1.77.